The van der Waals surface area contributed by atoms with Crippen molar-refractivity contribution in [1.29, 1.82) is 0 Å². The summed E-state index contributed by atoms with van der Waals surface area (Å²) in [6.45, 7) is 0.0345. The SMILES string of the molecule is O=C(N[C@H](CCC(=O)c1cc2ncccc2s1)C(=O)O)OCc1ccccc1. The zero-order chi connectivity index (χ0) is 19.9. The number of carbonyl (C=O) groups excluding carboxylic acids is 2. The number of aromatic nitrogens is 1. The van der Waals surface area contributed by atoms with Gasteiger partial charge in [0.05, 0.1) is 15.1 Å². The minimum atomic E-state index is -1.22. The van der Waals surface area contributed by atoms with E-state index < -0.39 is 18.1 Å². The van der Waals surface area contributed by atoms with Crippen molar-refractivity contribution in [3.05, 3.63) is 65.2 Å². The van der Waals surface area contributed by atoms with Gasteiger partial charge in [-0.3, -0.25) is 9.78 Å². The number of aliphatic carboxylic acids is 1. The Bertz CT molecular complexity index is 953. The van der Waals surface area contributed by atoms with Gasteiger partial charge in [-0.25, -0.2) is 9.59 Å². The van der Waals surface area contributed by atoms with Crippen LogP contribution in [0.3, 0.4) is 0 Å². The number of amides is 1. The number of ether oxygens (including phenoxy) is 1. The van der Waals surface area contributed by atoms with Gasteiger partial charge in [0.2, 0.25) is 0 Å². The molecule has 2 heterocycles. The Balaban J connectivity index is 1.53. The number of alkyl carbamates (subject to hydrolysis) is 1. The maximum atomic E-state index is 12.4. The van der Waals surface area contributed by atoms with Crippen LogP contribution in [0.15, 0.2) is 54.7 Å². The van der Waals surface area contributed by atoms with Gasteiger partial charge in [-0.15, -0.1) is 11.3 Å². The zero-order valence-corrected chi connectivity index (χ0v) is 15.6. The summed E-state index contributed by atoms with van der Waals surface area (Å²) in [5.41, 5.74) is 1.52. The normalized spacial score (nSPS) is 11.7. The average Bonchev–Trinajstić information content (AvgIpc) is 3.14. The lowest BCUT2D eigenvalue weighted by Crippen LogP contribution is -2.41. The van der Waals surface area contributed by atoms with Crippen molar-refractivity contribution in [1.82, 2.24) is 10.3 Å². The highest BCUT2D eigenvalue weighted by Crippen LogP contribution is 2.25. The Hall–Kier alpha value is -3.26. The van der Waals surface area contributed by atoms with E-state index in [9.17, 15) is 19.5 Å². The van der Waals surface area contributed by atoms with Gasteiger partial charge in [0.25, 0.3) is 0 Å². The van der Waals surface area contributed by atoms with Crippen molar-refractivity contribution < 1.29 is 24.2 Å². The fourth-order valence-corrected chi connectivity index (χ4v) is 3.56. The number of thiophene rings is 1. The minimum absolute atomic E-state index is 0.0112. The van der Waals surface area contributed by atoms with Gasteiger partial charge in [0.15, 0.2) is 5.78 Å². The van der Waals surface area contributed by atoms with Gasteiger partial charge >= 0.3 is 12.1 Å². The molecule has 0 saturated carbocycles. The highest BCUT2D eigenvalue weighted by Gasteiger charge is 2.22. The molecule has 0 unspecified atom stereocenters. The summed E-state index contributed by atoms with van der Waals surface area (Å²) in [7, 11) is 0. The molecule has 28 heavy (non-hydrogen) atoms. The van der Waals surface area contributed by atoms with Crippen molar-refractivity contribution >= 4 is 39.4 Å². The number of carbonyl (C=O) groups is 3. The van der Waals surface area contributed by atoms with E-state index in [1.807, 2.05) is 24.3 Å². The molecular formula is C20H18N2O5S. The quantitative estimate of drug-likeness (QED) is 0.561. The number of fused-ring (bicyclic) bond motifs is 1. The molecule has 1 amide bonds. The molecule has 0 aliphatic rings. The van der Waals surface area contributed by atoms with Crippen LogP contribution in [0.1, 0.15) is 28.1 Å². The van der Waals surface area contributed by atoms with Gasteiger partial charge in [0.1, 0.15) is 12.6 Å². The maximum Gasteiger partial charge on any atom is 0.408 e. The molecule has 3 rings (SSSR count). The standard InChI is InChI=1S/C20H18N2O5S/c23-16(18-11-15-17(28-18)7-4-10-21-15)9-8-14(19(24)25)22-20(26)27-12-13-5-2-1-3-6-13/h1-7,10-11,14H,8-9,12H2,(H,22,26)(H,24,25)/t14-/m1/s1. The number of carboxylic acid groups (broad SMARTS) is 1. The Morgan fingerprint density at radius 3 is 2.64 bits per heavy atom. The number of benzene rings is 1. The van der Waals surface area contributed by atoms with E-state index in [0.29, 0.717) is 4.88 Å². The van der Waals surface area contributed by atoms with Crippen LogP contribution in [-0.2, 0) is 16.1 Å². The van der Waals surface area contributed by atoms with Crippen LogP contribution in [0.25, 0.3) is 10.2 Å². The minimum Gasteiger partial charge on any atom is -0.480 e. The van der Waals surface area contributed by atoms with Gasteiger partial charge in [0, 0.05) is 12.6 Å². The molecule has 0 spiro atoms. The van der Waals surface area contributed by atoms with Crippen molar-refractivity contribution in [2.75, 3.05) is 0 Å². The van der Waals surface area contributed by atoms with Gasteiger partial charge in [-0.1, -0.05) is 30.3 Å². The summed E-state index contributed by atoms with van der Waals surface area (Å²) in [5, 5.41) is 11.6. The molecule has 1 atom stereocenters. The van der Waals surface area contributed by atoms with Crippen molar-refractivity contribution in [3.8, 4) is 0 Å². The van der Waals surface area contributed by atoms with Crippen molar-refractivity contribution in [2.45, 2.75) is 25.5 Å². The molecule has 0 aliphatic carbocycles. The predicted molar refractivity (Wildman–Crippen MR) is 104 cm³/mol. The van der Waals surface area contributed by atoms with Crippen LogP contribution >= 0.6 is 11.3 Å². The first-order valence-corrected chi connectivity index (χ1v) is 9.42. The highest BCUT2D eigenvalue weighted by atomic mass is 32.1. The number of Topliss-reactive ketones (excluding diaryl/α,β-unsaturated/α-hetero) is 1. The third kappa shape index (κ3) is 5.14. The van der Waals surface area contributed by atoms with Crippen LogP contribution in [-0.4, -0.2) is 34.0 Å². The van der Waals surface area contributed by atoms with Crippen molar-refractivity contribution in [2.24, 2.45) is 0 Å². The summed E-state index contributed by atoms with van der Waals surface area (Å²) in [4.78, 5) is 40.4. The molecule has 8 heteroatoms. The molecule has 0 aliphatic heterocycles. The van der Waals surface area contributed by atoms with E-state index in [-0.39, 0.29) is 25.2 Å². The number of hydrogen-bond donors (Lipinski definition) is 2. The molecule has 2 N–H and O–H groups in total. The van der Waals surface area contributed by atoms with Gasteiger partial charge in [-0.05, 0) is 30.2 Å². The summed E-state index contributed by atoms with van der Waals surface area (Å²) in [6, 6.07) is 13.2. The molecule has 0 bridgehead atoms. The number of hydrogen-bond acceptors (Lipinski definition) is 6. The second kappa shape index (κ2) is 9.09. The third-order valence-corrected chi connectivity index (χ3v) is 5.16. The van der Waals surface area contributed by atoms with Gasteiger partial charge in [-0.2, -0.15) is 0 Å². The molecule has 0 fully saturated rings. The van der Waals surface area contributed by atoms with E-state index in [2.05, 4.69) is 10.3 Å². The maximum absolute atomic E-state index is 12.4. The Morgan fingerprint density at radius 1 is 1.14 bits per heavy atom. The van der Waals surface area contributed by atoms with Crippen LogP contribution in [0.2, 0.25) is 0 Å². The number of pyridine rings is 1. The lowest BCUT2D eigenvalue weighted by Gasteiger charge is -2.14. The number of nitrogens with one attached hydrogen (secondary N) is 1. The fraction of sp³-hybridized carbons (Fsp3) is 0.200. The first kappa shape index (κ1) is 19.5. The van der Waals surface area contributed by atoms with Crippen LogP contribution in [0.4, 0.5) is 4.79 Å². The summed E-state index contributed by atoms with van der Waals surface area (Å²) in [5.74, 6) is -1.41. The molecule has 0 saturated heterocycles. The average molecular weight is 398 g/mol. The monoisotopic (exact) mass is 398 g/mol. The summed E-state index contributed by atoms with van der Waals surface area (Å²) in [6.07, 6.45) is 0.767. The van der Waals surface area contributed by atoms with Crippen LogP contribution in [0.5, 0.6) is 0 Å². The first-order valence-electron chi connectivity index (χ1n) is 8.60. The molecule has 2 aromatic heterocycles. The fourth-order valence-electron chi connectivity index (χ4n) is 2.57. The van der Waals surface area contributed by atoms with Crippen molar-refractivity contribution in [3.63, 3.8) is 0 Å². The van der Waals surface area contributed by atoms with E-state index in [0.717, 1.165) is 15.8 Å². The van der Waals surface area contributed by atoms with Gasteiger partial charge < -0.3 is 15.2 Å². The predicted octanol–water partition coefficient (Wildman–Crippen LogP) is 3.64. The van der Waals surface area contributed by atoms with E-state index in [1.54, 1.807) is 30.5 Å². The number of nitrogens with zero attached hydrogens (tertiary/aromatic N) is 1. The van der Waals surface area contributed by atoms with Crippen LogP contribution < -0.4 is 5.32 Å². The zero-order valence-electron chi connectivity index (χ0n) is 14.8. The molecule has 1 aromatic carbocycles. The number of ketones is 1. The first-order chi connectivity index (χ1) is 13.5. The second-order valence-electron chi connectivity index (χ2n) is 6.06. The van der Waals surface area contributed by atoms with Crippen LogP contribution in [0, 0.1) is 0 Å². The van der Waals surface area contributed by atoms with E-state index in [1.165, 1.54) is 11.3 Å². The molecule has 144 valence electrons. The topological polar surface area (TPSA) is 106 Å². The number of carboxylic acids is 1. The lowest BCUT2D eigenvalue weighted by atomic mass is 10.1. The molecule has 0 radical (unpaired) electrons. The Morgan fingerprint density at radius 2 is 1.93 bits per heavy atom. The molecule has 3 aromatic rings. The lowest BCUT2D eigenvalue weighted by molar-refractivity contribution is -0.139. The largest absolute Gasteiger partial charge is 0.480 e. The Kier molecular flexibility index (Phi) is 6.33. The molecule has 7 nitrogen and oxygen atoms in total. The van der Waals surface area contributed by atoms with E-state index in [4.69, 9.17) is 4.74 Å². The smallest absolute Gasteiger partial charge is 0.408 e. The summed E-state index contributed by atoms with van der Waals surface area (Å²) >= 11 is 1.31. The Labute approximate surface area is 165 Å². The second-order valence-corrected chi connectivity index (χ2v) is 7.14. The van der Waals surface area contributed by atoms with E-state index >= 15 is 0 Å². The third-order valence-electron chi connectivity index (χ3n) is 4.03. The number of rotatable bonds is 8. The summed E-state index contributed by atoms with van der Waals surface area (Å²) < 4.78 is 5.93. The highest BCUT2D eigenvalue weighted by molar-refractivity contribution is 7.20. The molecular weight excluding hydrogens is 380 g/mol.